The lowest BCUT2D eigenvalue weighted by molar-refractivity contribution is 0.586. The first-order chi connectivity index (χ1) is 8.19. The van der Waals surface area contributed by atoms with E-state index in [-0.39, 0.29) is 15.7 Å². The molecule has 0 atom stereocenters. The van der Waals surface area contributed by atoms with E-state index in [0.29, 0.717) is 23.9 Å². The second kappa shape index (κ2) is 4.44. The van der Waals surface area contributed by atoms with Gasteiger partial charge in [-0.25, -0.2) is 27.0 Å². The van der Waals surface area contributed by atoms with E-state index in [1.807, 2.05) is 0 Å². The summed E-state index contributed by atoms with van der Waals surface area (Å²) in [5.41, 5.74) is 0.353. The maximum atomic E-state index is 11.3. The van der Waals surface area contributed by atoms with Crippen LogP contribution in [0.4, 0.5) is 5.13 Å². The highest BCUT2D eigenvalue weighted by Crippen LogP contribution is 2.29. The molecule has 1 aliphatic heterocycles. The van der Waals surface area contributed by atoms with E-state index in [4.69, 9.17) is 5.14 Å². The maximum absolute atomic E-state index is 11.3. The first-order valence-corrected chi connectivity index (χ1v) is 9.33. The van der Waals surface area contributed by atoms with Crippen LogP contribution in [0, 0.1) is 6.92 Å². The first kappa shape index (κ1) is 13.7. The minimum atomic E-state index is -3.76. The molecule has 0 aliphatic carbocycles. The Bertz CT molecular complexity index is 648. The monoisotopic (exact) mass is 311 g/mol. The van der Waals surface area contributed by atoms with Crippen molar-refractivity contribution in [1.29, 1.82) is 0 Å². The third-order valence-corrected chi connectivity index (χ3v) is 7.00. The van der Waals surface area contributed by atoms with Crippen molar-refractivity contribution in [2.24, 2.45) is 5.14 Å². The molecule has 0 unspecified atom stereocenters. The molecule has 0 saturated carbocycles. The minimum absolute atomic E-state index is 0.0333. The van der Waals surface area contributed by atoms with Gasteiger partial charge in [-0.05, 0) is 6.92 Å². The predicted molar refractivity (Wildman–Crippen MR) is 69.1 cm³/mol. The molecule has 1 aromatic rings. The van der Waals surface area contributed by atoms with Crippen molar-refractivity contribution in [3.05, 3.63) is 5.69 Å². The molecule has 1 saturated heterocycles. The normalized spacial score (nSPS) is 20.0. The minimum Gasteiger partial charge on any atom is -0.346 e. The average molecular weight is 311 g/mol. The Labute approximate surface area is 110 Å². The van der Waals surface area contributed by atoms with Crippen molar-refractivity contribution in [2.75, 3.05) is 29.5 Å². The van der Waals surface area contributed by atoms with Crippen molar-refractivity contribution in [2.45, 2.75) is 11.1 Å². The fraction of sp³-hybridized carbons (Fsp3) is 0.625. The smallest absolute Gasteiger partial charge is 0.249 e. The van der Waals surface area contributed by atoms with Gasteiger partial charge in [-0.15, -0.1) is 0 Å². The van der Waals surface area contributed by atoms with Gasteiger partial charge in [0.2, 0.25) is 10.0 Å². The van der Waals surface area contributed by atoms with E-state index in [1.54, 1.807) is 11.8 Å². The van der Waals surface area contributed by atoms with Crippen LogP contribution in [0.3, 0.4) is 0 Å². The van der Waals surface area contributed by atoms with Gasteiger partial charge in [0, 0.05) is 13.1 Å². The summed E-state index contributed by atoms with van der Waals surface area (Å²) < 4.78 is 45.2. The molecule has 0 radical (unpaired) electrons. The molecule has 18 heavy (non-hydrogen) atoms. The van der Waals surface area contributed by atoms with Crippen molar-refractivity contribution >= 4 is 36.3 Å². The van der Waals surface area contributed by atoms with Crippen molar-refractivity contribution in [3.63, 3.8) is 0 Å². The van der Waals surface area contributed by atoms with Crippen LogP contribution >= 0.6 is 11.3 Å². The number of sulfonamides is 1. The van der Waals surface area contributed by atoms with Gasteiger partial charge in [0.25, 0.3) is 0 Å². The van der Waals surface area contributed by atoms with Crippen LogP contribution in [0.25, 0.3) is 0 Å². The molecule has 10 heteroatoms. The van der Waals surface area contributed by atoms with E-state index in [2.05, 4.69) is 4.98 Å². The molecule has 1 aliphatic rings. The lowest BCUT2D eigenvalue weighted by Crippen LogP contribution is -2.40. The molecule has 0 spiro atoms. The van der Waals surface area contributed by atoms with Crippen LogP contribution < -0.4 is 10.0 Å². The van der Waals surface area contributed by atoms with Crippen LogP contribution in [0.1, 0.15) is 5.69 Å². The number of primary sulfonamides is 1. The van der Waals surface area contributed by atoms with Gasteiger partial charge < -0.3 is 4.90 Å². The summed E-state index contributed by atoms with van der Waals surface area (Å²) in [6, 6.07) is 0. The fourth-order valence-corrected chi connectivity index (χ4v) is 4.87. The van der Waals surface area contributed by atoms with Gasteiger partial charge >= 0.3 is 0 Å². The van der Waals surface area contributed by atoms with Crippen molar-refractivity contribution in [1.82, 2.24) is 4.98 Å². The van der Waals surface area contributed by atoms with E-state index >= 15 is 0 Å². The number of thiazole rings is 1. The number of nitrogens with zero attached hydrogens (tertiary/aromatic N) is 2. The van der Waals surface area contributed by atoms with Gasteiger partial charge in [-0.3, -0.25) is 0 Å². The van der Waals surface area contributed by atoms with Gasteiger partial charge in [0.05, 0.1) is 17.2 Å². The standard InChI is InChI=1S/C8H13N3O4S3/c1-6-7(18(9,14)15)16-8(10-6)11-2-4-17(12,13)5-3-11/h2-5H2,1H3,(H2,9,14,15). The Kier molecular flexibility index (Phi) is 3.38. The first-order valence-electron chi connectivity index (χ1n) is 5.15. The Morgan fingerprint density at radius 1 is 1.33 bits per heavy atom. The lowest BCUT2D eigenvalue weighted by Gasteiger charge is -2.25. The second-order valence-corrected chi connectivity index (χ2v) is 9.09. The Morgan fingerprint density at radius 2 is 1.89 bits per heavy atom. The van der Waals surface area contributed by atoms with Crippen LogP contribution in [0.2, 0.25) is 0 Å². The topological polar surface area (TPSA) is 110 Å². The number of rotatable bonds is 2. The molecular weight excluding hydrogens is 298 g/mol. The molecule has 2 heterocycles. The van der Waals surface area contributed by atoms with E-state index in [9.17, 15) is 16.8 Å². The third kappa shape index (κ3) is 2.82. The molecule has 0 bridgehead atoms. The largest absolute Gasteiger partial charge is 0.346 e. The van der Waals surface area contributed by atoms with Crippen LogP contribution in [-0.2, 0) is 19.9 Å². The number of aryl methyl sites for hydroxylation is 1. The Hall–Kier alpha value is -0.710. The zero-order chi connectivity index (χ0) is 13.6. The molecule has 0 amide bonds. The van der Waals surface area contributed by atoms with E-state index < -0.39 is 19.9 Å². The number of nitrogens with two attached hydrogens (primary N) is 1. The van der Waals surface area contributed by atoms with Gasteiger partial charge in [-0.1, -0.05) is 11.3 Å². The molecule has 2 rings (SSSR count). The molecule has 7 nitrogen and oxygen atoms in total. The average Bonchev–Trinajstić information content (AvgIpc) is 2.59. The summed E-state index contributed by atoms with van der Waals surface area (Å²) in [6.45, 7) is 2.24. The molecule has 2 N–H and O–H groups in total. The number of hydrogen-bond acceptors (Lipinski definition) is 7. The van der Waals surface area contributed by atoms with Gasteiger partial charge in [-0.2, -0.15) is 0 Å². The van der Waals surface area contributed by atoms with Crippen LogP contribution in [0.15, 0.2) is 4.21 Å². The predicted octanol–water partition coefficient (Wildman–Crippen LogP) is -0.666. The van der Waals surface area contributed by atoms with Crippen molar-refractivity contribution < 1.29 is 16.8 Å². The van der Waals surface area contributed by atoms with Gasteiger partial charge in [0.1, 0.15) is 0 Å². The summed E-state index contributed by atoms with van der Waals surface area (Å²) in [4.78, 5) is 5.91. The molecular formula is C8H13N3O4S3. The van der Waals surface area contributed by atoms with Gasteiger partial charge in [0.15, 0.2) is 19.2 Å². The van der Waals surface area contributed by atoms with E-state index in [0.717, 1.165) is 11.3 Å². The summed E-state index contributed by atoms with van der Waals surface area (Å²) in [5, 5.41) is 5.58. The summed E-state index contributed by atoms with van der Waals surface area (Å²) in [7, 11) is -6.73. The number of anilines is 1. The van der Waals surface area contributed by atoms with E-state index in [1.165, 1.54) is 0 Å². The van der Waals surface area contributed by atoms with Crippen LogP contribution in [-0.4, -0.2) is 46.4 Å². The van der Waals surface area contributed by atoms with Crippen LogP contribution in [0.5, 0.6) is 0 Å². The number of aromatic nitrogens is 1. The Balaban J connectivity index is 2.27. The summed E-state index contributed by atoms with van der Waals surface area (Å²) >= 11 is 0.980. The summed E-state index contributed by atoms with van der Waals surface area (Å²) in [6.07, 6.45) is 0. The zero-order valence-corrected chi connectivity index (χ0v) is 12.1. The highest BCUT2D eigenvalue weighted by Gasteiger charge is 2.26. The second-order valence-electron chi connectivity index (χ2n) is 4.05. The quantitative estimate of drug-likeness (QED) is 0.776. The lowest BCUT2D eigenvalue weighted by atomic mass is 10.5. The highest BCUT2D eigenvalue weighted by atomic mass is 32.2. The molecule has 1 fully saturated rings. The van der Waals surface area contributed by atoms with Crippen molar-refractivity contribution in [3.8, 4) is 0 Å². The fourth-order valence-electron chi connectivity index (χ4n) is 1.67. The number of hydrogen-bond donors (Lipinski definition) is 1. The Morgan fingerprint density at radius 3 is 2.33 bits per heavy atom. The molecule has 1 aromatic heterocycles. The molecule has 102 valence electrons. The number of sulfone groups is 1. The molecule has 0 aromatic carbocycles. The third-order valence-electron chi connectivity index (χ3n) is 2.62. The zero-order valence-electron chi connectivity index (χ0n) is 9.66. The highest BCUT2D eigenvalue weighted by molar-refractivity contribution is 7.91. The maximum Gasteiger partial charge on any atom is 0.249 e. The summed E-state index contributed by atoms with van der Waals surface area (Å²) in [5.74, 6) is 0.132. The SMILES string of the molecule is Cc1nc(N2CCS(=O)(=O)CC2)sc1S(N)(=O)=O.